The molecule has 98 valence electrons. The first-order valence-corrected chi connectivity index (χ1v) is 7.17. The summed E-state index contributed by atoms with van der Waals surface area (Å²) in [5.74, 6) is 0. The third-order valence-corrected chi connectivity index (χ3v) is 2.11. The van der Waals surface area contributed by atoms with Crippen molar-refractivity contribution in [3.63, 3.8) is 0 Å². The van der Waals surface area contributed by atoms with Gasteiger partial charge in [0.15, 0.2) is 0 Å². The van der Waals surface area contributed by atoms with Crippen LogP contribution < -0.4 is 9.44 Å². The fraction of sp³-hybridized carbons (Fsp3) is 0. The van der Waals surface area contributed by atoms with E-state index in [2.05, 4.69) is 9.44 Å². The third-order valence-electron chi connectivity index (χ3n) is 0.980. The van der Waals surface area contributed by atoms with E-state index in [0.717, 1.165) is 0 Å². The summed E-state index contributed by atoms with van der Waals surface area (Å²) in [6.45, 7) is 0. The molecule has 2 aliphatic rings. The highest BCUT2D eigenvalue weighted by atomic mass is 79.9. The minimum Gasteiger partial charge on any atom is -0.333 e. The average Bonchev–Trinajstić information content (AvgIpc) is 2.34. The van der Waals surface area contributed by atoms with E-state index in [1.54, 1.807) is 23.9 Å². The summed E-state index contributed by atoms with van der Waals surface area (Å²) >= 11 is 3.16. The Hall–Kier alpha value is -0.110. The second-order valence-electron chi connectivity index (χ2n) is 2.13. The van der Waals surface area contributed by atoms with E-state index in [4.69, 9.17) is 14.4 Å². The van der Waals surface area contributed by atoms with Gasteiger partial charge in [-0.25, -0.2) is 0 Å². The van der Waals surface area contributed by atoms with Crippen LogP contribution in [0.4, 0.5) is 0 Å². The van der Waals surface area contributed by atoms with E-state index in [1.165, 1.54) is 0 Å². The Labute approximate surface area is 120 Å². The maximum absolute atomic E-state index is 8.74. The summed E-state index contributed by atoms with van der Waals surface area (Å²) in [4.78, 5) is 14.3. The van der Waals surface area contributed by atoms with Crippen molar-refractivity contribution in [2.75, 3.05) is 0 Å². The minimum atomic E-state index is -3.13. The molecule has 5 nitrogen and oxygen atoms in total. The molecule has 0 saturated heterocycles. The average molecular weight is 361 g/mol. The molecule has 17 heavy (non-hydrogen) atoms. The van der Waals surface area contributed by atoms with Crippen LogP contribution in [-0.2, 0) is 4.57 Å². The van der Waals surface area contributed by atoms with Gasteiger partial charge in [-0.2, -0.15) is 0 Å². The van der Waals surface area contributed by atoms with Crippen LogP contribution in [0.5, 0.6) is 0 Å². The van der Waals surface area contributed by atoms with Crippen LogP contribution in [0.1, 0.15) is 0 Å². The Balaban J connectivity index is 0. The van der Waals surface area contributed by atoms with Gasteiger partial charge in [0, 0.05) is 12.4 Å². The molecule has 2 rings (SSSR count). The van der Waals surface area contributed by atoms with Crippen molar-refractivity contribution in [2.45, 2.75) is 0 Å². The Morgan fingerprint density at radius 1 is 0.882 bits per heavy atom. The van der Waals surface area contributed by atoms with Crippen molar-refractivity contribution in [3.05, 3.63) is 47.5 Å². The lowest BCUT2D eigenvalue weighted by Crippen LogP contribution is -1.88. The molecule has 0 atom stereocenters. The first-order chi connectivity index (χ1) is 7.73. The van der Waals surface area contributed by atoms with Crippen LogP contribution in [0.2, 0.25) is 0 Å². The summed E-state index contributed by atoms with van der Waals surface area (Å²) in [7, 11) is -3.13. The fourth-order valence-electron chi connectivity index (χ4n) is 0.516. The third kappa shape index (κ3) is 21.7. The Morgan fingerprint density at radius 3 is 1.29 bits per heavy atom. The van der Waals surface area contributed by atoms with Gasteiger partial charge in [0.25, 0.3) is 0 Å². The predicted octanol–water partition coefficient (Wildman–Crippen LogP) is 2.47. The van der Waals surface area contributed by atoms with Crippen LogP contribution in [0, 0.1) is 0 Å². The largest absolute Gasteiger partial charge is 0.333 e. The molecule has 2 aliphatic heterocycles. The number of rotatable bonds is 0. The molecule has 0 radical (unpaired) electrons. The summed E-state index contributed by atoms with van der Waals surface area (Å²) in [6, 6.07) is 0. The quantitative estimate of drug-likeness (QED) is 0.390. The number of nitrogens with one attached hydrogen (secondary N) is 2. The van der Waals surface area contributed by atoms with Crippen LogP contribution >= 0.6 is 49.1 Å². The molecule has 9 heteroatoms. The number of halogens is 1. The van der Waals surface area contributed by atoms with Crippen molar-refractivity contribution < 1.29 is 14.4 Å². The number of hydrogen-bond donors (Lipinski definition) is 4. The highest BCUT2D eigenvalue weighted by molar-refractivity contribution is 8.93. The zero-order valence-electron chi connectivity index (χ0n) is 8.65. The lowest BCUT2D eigenvalue weighted by atomic mass is 10.6. The highest BCUT2D eigenvalue weighted by Crippen LogP contribution is 1.99. The van der Waals surface area contributed by atoms with E-state index < -0.39 is 8.25 Å². The van der Waals surface area contributed by atoms with Gasteiger partial charge in [0.05, 0.1) is 0 Å². The smallest absolute Gasteiger partial charge is 0.314 e. The summed E-state index contributed by atoms with van der Waals surface area (Å²) in [5.41, 5.74) is 0. The van der Waals surface area contributed by atoms with Gasteiger partial charge in [0.2, 0.25) is 0 Å². The second kappa shape index (κ2) is 15.9. The van der Waals surface area contributed by atoms with Crippen molar-refractivity contribution in [1.82, 2.24) is 9.44 Å². The first kappa shape index (κ1) is 19.2. The summed E-state index contributed by atoms with van der Waals surface area (Å²) in [6.07, 6.45) is 11.7. The summed E-state index contributed by atoms with van der Waals surface area (Å²) in [5, 5.41) is 3.97. The molecule has 0 fully saturated rings. The van der Waals surface area contributed by atoms with E-state index in [0.29, 0.717) is 0 Å². The molecule has 0 aromatic heterocycles. The molecule has 0 aromatic carbocycles. The maximum Gasteiger partial charge on any atom is 0.314 e. The molecule has 0 aliphatic carbocycles. The molecule has 0 amide bonds. The van der Waals surface area contributed by atoms with Gasteiger partial charge in [-0.1, -0.05) is 12.2 Å². The number of hydrogen-bond acceptors (Lipinski definition) is 5. The van der Waals surface area contributed by atoms with Crippen LogP contribution in [0.25, 0.3) is 0 Å². The lowest BCUT2D eigenvalue weighted by Gasteiger charge is -1.93. The topological polar surface area (TPSA) is 81.6 Å². The normalized spacial score (nSPS) is 14.3. The van der Waals surface area contributed by atoms with E-state index in [1.807, 2.05) is 47.5 Å². The lowest BCUT2D eigenvalue weighted by molar-refractivity contribution is 0.405. The monoisotopic (exact) mass is 360 g/mol. The molecule has 2 heterocycles. The SMILES string of the molecule is Br.C1=CNSC=C1.C1=CNSC=C1.O=[PH](O)O. The van der Waals surface area contributed by atoms with Crippen molar-refractivity contribution in [3.8, 4) is 0 Å². The highest BCUT2D eigenvalue weighted by Gasteiger charge is 1.75. The Kier molecular flexibility index (Phi) is 18.0. The fourth-order valence-corrected chi connectivity index (χ4v) is 1.33. The van der Waals surface area contributed by atoms with Gasteiger partial charge < -0.3 is 19.2 Å². The Bertz CT molecular complexity index is 259. The molecule has 4 N–H and O–H groups in total. The molecule has 0 saturated carbocycles. The summed E-state index contributed by atoms with van der Waals surface area (Å²) < 4.78 is 14.6. The van der Waals surface area contributed by atoms with Crippen molar-refractivity contribution in [2.24, 2.45) is 0 Å². The molecule has 0 unspecified atom stereocenters. The van der Waals surface area contributed by atoms with Gasteiger partial charge in [0.1, 0.15) is 0 Å². The van der Waals surface area contributed by atoms with Crippen LogP contribution in [0.3, 0.4) is 0 Å². The van der Waals surface area contributed by atoms with Gasteiger partial charge in [-0.15, -0.1) is 17.0 Å². The van der Waals surface area contributed by atoms with E-state index >= 15 is 0 Å². The zero-order chi connectivity index (χ0) is 12.1. The van der Waals surface area contributed by atoms with Gasteiger partial charge in [-0.05, 0) is 46.9 Å². The van der Waals surface area contributed by atoms with E-state index in [9.17, 15) is 0 Å². The van der Waals surface area contributed by atoms with E-state index in [-0.39, 0.29) is 17.0 Å². The van der Waals surface area contributed by atoms with Crippen molar-refractivity contribution in [1.29, 1.82) is 0 Å². The van der Waals surface area contributed by atoms with Gasteiger partial charge in [-0.3, -0.25) is 4.57 Å². The molecule has 0 spiro atoms. The van der Waals surface area contributed by atoms with Crippen LogP contribution in [-0.4, -0.2) is 9.79 Å². The minimum absolute atomic E-state index is 0. The standard InChI is InChI=1S/2C4H5NS.BrH.H3O3P/c2*1-2-4-6-5-3-1;;1-4(2)3/h2*1-5H;1H;4H,(H2,1,2,3). The van der Waals surface area contributed by atoms with Crippen molar-refractivity contribution >= 4 is 49.1 Å². The molecule has 0 aromatic rings. The molecular weight excluding hydrogens is 347 g/mol. The second-order valence-corrected chi connectivity index (χ2v) is 4.18. The van der Waals surface area contributed by atoms with Gasteiger partial charge >= 0.3 is 8.25 Å². The number of allylic oxidation sites excluding steroid dienone is 4. The maximum atomic E-state index is 8.74. The molecular formula is C8H14BrN2O3PS2. The predicted molar refractivity (Wildman–Crippen MR) is 81.8 cm³/mol. The molecule has 0 bridgehead atoms. The van der Waals surface area contributed by atoms with Crippen LogP contribution in [0.15, 0.2) is 47.5 Å². The zero-order valence-corrected chi connectivity index (χ0v) is 13.0. The Morgan fingerprint density at radius 2 is 1.24 bits per heavy atom. The first-order valence-electron chi connectivity index (χ1n) is 4.11.